The molecule has 0 aromatic carbocycles. The van der Waals surface area contributed by atoms with Crippen LogP contribution in [-0.2, 0) is 12.5 Å². The molecule has 0 aliphatic heterocycles. The monoisotopic (exact) mass is 194 g/mol. The number of aromatic nitrogens is 3. The molecule has 0 unspecified atom stereocenters. The van der Waals surface area contributed by atoms with Crippen LogP contribution in [0.15, 0.2) is 0 Å². The number of aryl methyl sites for hydroxylation is 1. The van der Waals surface area contributed by atoms with Crippen LogP contribution in [0.2, 0.25) is 0 Å². The molecule has 1 aliphatic carbocycles. The molecule has 0 spiro atoms. The molecule has 0 amide bonds. The molecule has 14 heavy (non-hydrogen) atoms. The molecule has 1 aromatic rings. The van der Waals surface area contributed by atoms with Crippen LogP contribution in [0, 0.1) is 6.92 Å². The third kappa shape index (κ3) is 1.25. The van der Waals surface area contributed by atoms with Gasteiger partial charge in [-0.3, -0.25) is 0 Å². The summed E-state index contributed by atoms with van der Waals surface area (Å²) in [7, 11) is 2.03. The largest absolute Gasteiger partial charge is 0.329 e. The van der Waals surface area contributed by atoms with Crippen molar-refractivity contribution in [2.75, 3.05) is 6.54 Å². The quantitative estimate of drug-likeness (QED) is 0.760. The maximum atomic E-state index is 5.90. The van der Waals surface area contributed by atoms with Crippen molar-refractivity contribution in [3.8, 4) is 0 Å². The molecule has 0 bridgehead atoms. The first kappa shape index (κ1) is 9.65. The van der Waals surface area contributed by atoms with Gasteiger partial charge in [-0.1, -0.05) is 12.8 Å². The van der Waals surface area contributed by atoms with Crippen molar-refractivity contribution in [3.63, 3.8) is 0 Å². The van der Waals surface area contributed by atoms with Crippen molar-refractivity contribution in [1.82, 2.24) is 14.8 Å². The Bertz CT molecular complexity index is 323. The normalized spacial score (nSPS) is 20.2. The van der Waals surface area contributed by atoms with Crippen molar-refractivity contribution >= 4 is 0 Å². The van der Waals surface area contributed by atoms with E-state index < -0.39 is 0 Å². The zero-order valence-corrected chi connectivity index (χ0v) is 8.95. The SMILES string of the molecule is Cc1nnc(C2(CN)CCCC2)n1C. The van der Waals surface area contributed by atoms with Crippen LogP contribution in [-0.4, -0.2) is 21.3 Å². The summed E-state index contributed by atoms with van der Waals surface area (Å²) in [5.41, 5.74) is 6.01. The van der Waals surface area contributed by atoms with Crippen molar-refractivity contribution in [3.05, 3.63) is 11.6 Å². The molecule has 4 heteroatoms. The summed E-state index contributed by atoms with van der Waals surface area (Å²) in [5, 5.41) is 8.38. The third-order valence-corrected chi connectivity index (χ3v) is 3.52. The molecule has 1 fully saturated rings. The predicted octanol–water partition coefficient (Wildman–Crippen LogP) is 0.894. The van der Waals surface area contributed by atoms with Crippen molar-refractivity contribution in [2.24, 2.45) is 12.8 Å². The summed E-state index contributed by atoms with van der Waals surface area (Å²) < 4.78 is 2.08. The van der Waals surface area contributed by atoms with Gasteiger partial charge in [-0.25, -0.2) is 0 Å². The van der Waals surface area contributed by atoms with Gasteiger partial charge in [-0.2, -0.15) is 0 Å². The molecule has 2 N–H and O–H groups in total. The fourth-order valence-electron chi connectivity index (χ4n) is 2.44. The van der Waals surface area contributed by atoms with Crippen molar-refractivity contribution in [2.45, 2.75) is 38.0 Å². The summed E-state index contributed by atoms with van der Waals surface area (Å²) in [6.07, 6.45) is 4.86. The predicted molar refractivity (Wildman–Crippen MR) is 54.9 cm³/mol. The van der Waals surface area contributed by atoms with Crippen molar-refractivity contribution in [1.29, 1.82) is 0 Å². The fraction of sp³-hybridized carbons (Fsp3) is 0.800. The molecular weight excluding hydrogens is 176 g/mol. The van der Waals surface area contributed by atoms with Crippen LogP contribution in [0.5, 0.6) is 0 Å². The van der Waals surface area contributed by atoms with Gasteiger partial charge in [0.25, 0.3) is 0 Å². The first-order valence-electron chi connectivity index (χ1n) is 5.26. The molecular formula is C10H18N4. The summed E-state index contributed by atoms with van der Waals surface area (Å²) in [4.78, 5) is 0. The lowest BCUT2D eigenvalue weighted by molar-refractivity contribution is 0.409. The Labute approximate surface area is 84.5 Å². The standard InChI is InChI=1S/C10H18N4/c1-8-12-13-9(14(8)2)10(7-11)5-3-4-6-10/h3-7,11H2,1-2H3. The molecule has 0 saturated heterocycles. The fourth-order valence-corrected chi connectivity index (χ4v) is 2.44. The van der Waals surface area contributed by atoms with Crippen LogP contribution >= 0.6 is 0 Å². The molecule has 1 saturated carbocycles. The maximum absolute atomic E-state index is 5.90. The third-order valence-electron chi connectivity index (χ3n) is 3.52. The van der Waals surface area contributed by atoms with Crippen LogP contribution in [0.4, 0.5) is 0 Å². The lowest BCUT2D eigenvalue weighted by Crippen LogP contribution is -2.35. The molecule has 4 nitrogen and oxygen atoms in total. The van der Waals surface area contributed by atoms with E-state index in [4.69, 9.17) is 5.73 Å². The minimum Gasteiger partial charge on any atom is -0.329 e. The lowest BCUT2D eigenvalue weighted by Gasteiger charge is -2.25. The molecule has 0 atom stereocenters. The first-order chi connectivity index (χ1) is 6.69. The van der Waals surface area contributed by atoms with Crippen LogP contribution in [0.25, 0.3) is 0 Å². The molecule has 1 heterocycles. The van der Waals surface area contributed by atoms with Gasteiger partial charge in [0.15, 0.2) is 0 Å². The van der Waals surface area contributed by atoms with E-state index in [1.165, 1.54) is 12.8 Å². The van der Waals surface area contributed by atoms with Gasteiger partial charge in [0.05, 0.1) is 0 Å². The van der Waals surface area contributed by atoms with Gasteiger partial charge in [-0.15, -0.1) is 10.2 Å². The smallest absolute Gasteiger partial charge is 0.140 e. The highest BCUT2D eigenvalue weighted by atomic mass is 15.3. The second kappa shape index (κ2) is 3.35. The van der Waals surface area contributed by atoms with Crippen molar-refractivity contribution < 1.29 is 0 Å². The van der Waals surface area contributed by atoms with E-state index in [0.717, 1.165) is 24.5 Å². The Hall–Kier alpha value is -0.900. The molecule has 0 radical (unpaired) electrons. The second-order valence-electron chi connectivity index (χ2n) is 4.32. The number of hydrogen-bond acceptors (Lipinski definition) is 3. The Morgan fingerprint density at radius 1 is 1.36 bits per heavy atom. The number of nitrogens with zero attached hydrogens (tertiary/aromatic N) is 3. The van der Waals surface area contributed by atoms with E-state index in [1.54, 1.807) is 0 Å². The highest BCUT2D eigenvalue weighted by Gasteiger charge is 2.38. The van der Waals surface area contributed by atoms with E-state index in [9.17, 15) is 0 Å². The van der Waals surface area contributed by atoms with E-state index in [-0.39, 0.29) is 5.41 Å². The Balaban J connectivity index is 2.40. The van der Waals surface area contributed by atoms with E-state index in [0.29, 0.717) is 6.54 Å². The summed E-state index contributed by atoms with van der Waals surface area (Å²) in [6, 6.07) is 0. The van der Waals surface area contributed by atoms with E-state index in [2.05, 4.69) is 14.8 Å². The molecule has 1 aromatic heterocycles. The number of hydrogen-bond donors (Lipinski definition) is 1. The van der Waals surface area contributed by atoms with Crippen LogP contribution in [0.1, 0.15) is 37.3 Å². The van der Waals surface area contributed by atoms with Gasteiger partial charge in [0.2, 0.25) is 0 Å². The minimum atomic E-state index is 0.107. The lowest BCUT2D eigenvalue weighted by atomic mass is 9.85. The van der Waals surface area contributed by atoms with Gasteiger partial charge < -0.3 is 10.3 Å². The van der Waals surface area contributed by atoms with E-state index >= 15 is 0 Å². The maximum Gasteiger partial charge on any atom is 0.140 e. The van der Waals surface area contributed by atoms with Gasteiger partial charge in [-0.05, 0) is 19.8 Å². The topological polar surface area (TPSA) is 56.7 Å². The van der Waals surface area contributed by atoms with Gasteiger partial charge >= 0.3 is 0 Å². The highest BCUT2D eigenvalue weighted by molar-refractivity contribution is 5.13. The molecule has 2 rings (SSSR count). The Morgan fingerprint density at radius 3 is 2.43 bits per heavy atom. The first-order valence-corrected chi connectivity index (χ1v) is 5.26. The van der Waals surface area contributed by atoms with Gasteiger partial charge in [0.1, 0.15) is 11.6 Å². The van der Waals surface area contributed by atoms with E-state index in [1.807, 2.05) is 14.0 Å². The average Bonchev–Trinajstić information content (AvgIpc) is 2.77. The van der Waals surface area contributed by atoms with Gasteiger partial charge in [0, 0.05) is 19.0 Å². The molecule has 1 aliphatic rings. The van der Waals surface area contributed by atoms with Crippen LogP contribution < -0.4 is 5.73 Å². The Kier molecular flexibility index (Phi) is 2.31. The summed E-state index contributed by atoms with van der Waals surface area (Å²) in [6.45, 7) is 2.68. The Morgan fingerprint density at radius 2 is 2.00 bits per heavy atom. The zero-order valence-electron chi connectivity index (χ0n) is 8.95. The summed E-state index contributed by atoms with van der Waals surface area (Å²) >= 11 is 0. The zero-order chi connectivity index (χ0) is 10.2. The summed E-state index contributed by atoms with van der Waals surface area (Å²) in [5.74, 6) is 2.05. The highest BCUT2D eigenvalue weighted by Crippen LogP contribution is 2.39. The van der Waals surface area contributed by atoms with Crippen LogP contribution in [0.3, 0.4) is 0 Å². The molecule has 78 valence electrons. The second-order valence-corrected chi connectivity index (χ2v) is 4.32. The average molecular weight is 194 g/mol. The number of nitrogens with two attached hydrogens (primary N) is 1. The minimum absolute atomic E-state index is 0.107. The number of rotatable bonds is 2.